The van der Waals surface area contributed by atoms with Crippen LogP contribution in [0.1, 0.15) is 26.3 Å². The van der Waals surface area contributed by atoms with Crippen LogP contribution >= 0.6 is 8.86 Å². The first-order valence-corrected chi connectivity index (χ1v) is 5.65. The van der Waals surface area contributed by atoms with Crippen molar-refractivity contribution in [2.75, 3.05) is 0 Å². The zero-order valence-corrected chi connectivity index (χ0v) is 11.0. The van der Waals surface area contributed by atoms with Crippen LogP contribution in [0.5, 0.6) is 0 Å². The van der Waals surface area contributed by atoms with Crippen LogP contribution < -0.4 is 11.2 Å². The summed E-state index contributed by atoms with van der Waals surface area (Å²) in [5.41, 5.74) is 1.67. The molecular weight excluding hydrogens is 235 g/mol. The summed E-state index contributed by atoms with van der Waals surface area (Å²) in [5, 5.41) is 0.988. The van der Waals surface area contributed by atoms with E-state index < -0.39 is 11.2 Å². The van der Waals surface area contributed by atoms with Crippen molar-refractivity contribution in [3.8, 4) is 0 Å². The Morgan fingerprint density at radius 3 is 2.41 bits per heavy atom. The van der Waals surface area contributed by atoms with Crippen molar-refractivity contribution in [2.24, 2.45) is 0 Å². The van der Waals surface area contributed by atoms with Crippen LogP contribution in [0.4, 0.5) is 0 Å². The van der Waals surface area contributed by atoms with Crippen molar-refractivity contribution in [3.05, 3.63) is 49.8 Å². The van der Waals surface area contributed by atoms with Gasteiger partial charge >= 0.3 is 5.69 Å². The second-order valence-electron chi connectivity index (χ2n) is 3.90. The Morgan fingerprint density at radius 2 is 1.94 bits per heavy atom. The van der Waals surface area contributed by atoms with Crippen LogP contribution in [-0.2, 0) is 0 Å². The highest BCUT2D eigenvalue weighted by molar-refractivity contribution is 7.22. The number of aromatic nitrogens is 2. The Kier molecular flexibility index (Phi) is 4.41. The van der Waals surface area contributed by atoms with Crippen LogP contribution in [0.2, 0.25) is 0 Å². The van der Waals surface area contributed by atoms with Gasteiger partial charge in [0, 0.05) is 6.20 Å². The van der Waals surface area contributed by atoms with Crippen molar-refractivity contribution in [1.29, 1.82) is 0 Å². The summed E-state index contributed by atoms with van der Waals surface area (Å²) in [6, 6.07) is 0. The minimum absolute atomic E-state index is 0.398. The molecule has 0 atom stereocenters. The lowest BCUT2D eigenvalue weighted by molar-refractivity contribution is 1.03. The number of aromatic amines is 2. The molecule has 0 amide bonds. The van der Waals surface area contributed by atoms with Gasteiger partial charge in [-0.05, 0) is 37.7 Å². The maximum atomic E-state index is 11.4. The largest absolute Gasteiger partial charge is 0.325 e. The topological polar surface area (TPSA) is 65.7 Å². The molecule has 0 saturated heterocycles. The van der Waals surface area contributed by atoms with E-state index in [4.69, 9.17) is 0 Å². The first kappa shape index (κ1) is 13.4. The number of rotatable bonds is 3. The molecule has 90 valence electrons. The summed E-state index contributed by atoms with van der Waals surface area (Å²) >= 11 is 0. The number of allylic oxidation sites excluding steroid dienone is 3. The van der Waals surface area contributed by atoms with Gasteiger partial charge < -0.3 is 4.98 Å². The lowest BCUT2D eigenvalue weighted by atomic mass is 10.1. The van der Waals surface area contributed by atoms with Gasteiger partial charge in [0.25, 0.3) is 5.56 Å². The molecular formula is C12H15N2O2P. The second kappa shape index (κ2) is 5.60. The molecule has 0 saturated carbocycles. The fraction of sp³-hybridized carbons (Fsp3) is 0.250. The molecule has 4 nitrogen and oxygen atoms in total. The van der Waals surface area contributed by atoms with Gasteiger partial charge in [0.05, 0.1) is 5.56 Å². The van der Waals surface area contributed by atoms with Crippen LogP contribution in [0.3, 0.4) is 0 Å². The van der Waals surface area contributed by atoms with E-state index in [0.29, 0.717) is 5.56 Å². The summed E-state index contributed by atoms with van der Waals surface area (Å²) < 4.78 is 0. The predicted octanol–water partition coefficient (Wildman–Crippen LogP) is 1.75. The third kappa shape index (κ3) is 3.68. The van der Waals surface area contributed by atoms with Crippen molar-refractivity contribution in [3.63, 3.8) is 0 Å². The highest BCUT2D eigenvalue weighted by Gasteiger charge is 1.99. The predicted molar refractivity (Wildman–Crippen MR) is 74.1 cm³/mol. The quantitative estimate of drug-likeness (QED) is 0.634. The van der Waals surface area contributed by atoms with E-state index in [1.807, 2.05) is 26.8 Å². The average molecular weight is 250 g/mol. The summed E-state index contributed by atoms with van der Waals surface area (Å²) in [5.74, 6) is 0. The van der Waals surface area contributed by atoms with Crippen LogP contribution in [-0.4, -0.2) is 15.3 Å². The van der Waals surface area contributed by atoms with E-state index in [1.54, 1.807) is 6.08 Å². The molecule has 17 heavy (non-hydrogen) atoms. The molecule has 1 rings (SSSR count). The molecule has 0 radical (unpaired) electrons. The van der Waals surface area contributed by atoms with E-state index in [0.717, 1.165) is 16.4 Å². The maximum absolute atomic E-state index is 11.4. The summed E-state index contributed by atoms with van der Waals surface area (Å²) in [7, 11) is 3.46. The summed E-state index contributed by atoms with van der Waals surface area (Å²) in [4.78, 5) is 26.9. The van der Waals surface area contributed by atoms with Crippen molar-refractivity contribution >= 4 is 20.2 Å². The maximum Gasteiger partial charge on any atom is 0.325 e. The van der Waals surface area contributed by atoms with Gasteiger partial charge in [-0.25, -0.2) is 4.79 Å². The van der Waals surface area contributed by atoms with E-state index in [1.165, 1.54) is 6.20 Å². The van der Waals surface area contributed by atoms with Crippen molar-refractivity contribution in [1.82, 2.24) is 9.97 Å². The fourth-order valence-electron chi connectivity index (χ4n) is 1.38. The molecule has 1 aromatic heterocycles. The Labute approximate surface area is 101 Å². The second-order valence-corrected chi connectivity index (χ2v) is 4.65. The summed E-state index contributed by atoms with van der Waals surface area (Å²) in [6.07, 6.45) is 4.89. The van der Waals surface area contributed by atoms with E-state index in [9.17, 15) is 9.59 Å². The molecule has 0 aliphatic rings. The third-order valence-electron chi connectivity index (χ3n) is 2.22. The summed E-state index contributed by atoms with van der Waals surface area (Å²) in [6.45, 7) is 5.90. The van der Waals surface area contributed by atoms with Gasteiger partial charge in [0.15, 0.2) is 0 Å². The van der Waals surface area contributed by atoms with E-state index >= 15 is 0 Å². The van der Waals surface area contributed by atoms with Gasteiger partial charge in [-0.15, -0.1) is 8.86 Å². The van der Waals surface area contributed by atoms with Gasteiger partial charge in [0.2, 0.25) is 0 Å². The Balaban J connectivity index is 3.14. The molecule has 5 heteroatoms. The Hall–Kier alpha value is -1.67. The van der Waals surface area contributed by atoms with Gasteiger partial charge in [0.1, 0.15) is 0 Å². The molecule has 0 spiro atoms. The molecule has 0 fully saturated rings. The average Bonchev–Trinajstić information content (AvgIpc) is 2.20. The third-order valence-corrected chi connectivity index (χ3v) is 2.49. The van der Waals surface area contributed by atoms with Crippen molar-refractivity contribution in [2.45, 2.75) is 20.8 Å². The SMILES string of the molecule is CC(=P)C(/C=C/c1c[nH]c(=O)[nH]c1=O)=C(C)C. The van der Waals surface area contributed by atoms with Crippen LogP contribution in [0.15, 0.2) is 33.0 Å². The molecule has 2 N–H and O–H groups in total. The first-order valence-electron chi connectivity index (χ1n) is 5.15. The number of H-pyrrole nitrogens is 2. The zero-order chi connectivity index (χ0) is 13.0. The molecule has 1 aromatic rings. The molecule has 1 heterocycles. The lowest BCUT2D eigenvalue weighted by Crippen LogP contribution is -2.22. The Bertz CT molecular complexity index is 601. The van der Waals surface area contributed by atoms with Gasteiger partial charge in [-0.3, -0.25) is 9.78 Å². The lowest BCUT2D eigenvalue weighted by Gasteiger charge is -2.02. The highest BCUT2D eigenvalue weighted by atomic mass is 31.0. The zero-order valence-electron chi connectivity index (χ0n) is 10.0. The van der Waals surface area contributed by atoms with Gasteiger partial charge in [-0.1, -0.05) is 11.6 Å². The van der Waals surface area contributed by atoms with E-state index in [2.05, 4.69) is 18.8 Å². The molecule has 0 aromatic carbocycles. The van der Waals surface area contributed by atoms with Crippen molar-refractivity contribution < 1.29 is 0 Å². The molecule has 0 aliphatic carbocycles. The molecule has 0 bridgehead atoms. The minimum atomic E-state index is -0.502. The van der Waals surface area contributed by atoms with E-state index in [-0.39, 0.29) is 0 Å². The highest BCUT2D eigenvalue weighted by Crippen LogP contribution is 2.10. The Morgan fingerprint density at radius 1 is 1.29 bits per heavy atom. The number of hydrogen-bond acceptors (Lipinski definition) is 2. The molecule has 0 aliphatic heterocycles. The number of hydrogen-bond donors (Lipinski definition) is 2. The normalized spacial score (nSPS) is 10.5. The number of nitrogens with one attached hydrogen (secondary N) is 2. The van der Waals surface area contributed by atoms with Crippen LogP contribution in [0.25, 0.3) is 6.08 Å². The van der Waals surface area contributed by atoms with Crippen LogP contribution in [0, 0.1) is 0 Å². The monoisotopic (exact) mass is 250 g/mol. The standard InChI is InChI=1S/C12H15N2O2P/c1-7(2)10(8(3)17)5-4-9-6-13-12(16)14-11(9)15/h4-6,17H,1-3H3,(H2,13,14,15,16)/b5-4+. The molecule has 0 unspecified atom stereocenters. The minimum Gasteiger partial charge on any atom is -0.314 e. The first-order chi connectivity index (χ1) is 7.91. The van der Waals surface area contributed by atoms with Gasteiger partial charge in [-0.2, -0.15) is 0 Å². The fourth-order valence-corrected chi connectivity index (χ4v) is 1.72. The smallest absolute Gasteiger partial charge is 0.314 e.